The third-order valence-electron chi connectivity index (χ3n) is 2.79. The monoisotopic (exact) mass is 298 g/mol. The summed E-state index contributed by atoms with van der Waals surface area (Å²) in [5.74, 6) is 0.284. The average molecular weight is 298 g/mol. The van der Waals surface area contributed by atoms with Gasteiger partial charge in [0.2, 0.25) is 11.0 Å². The smallest absolute Gasteiger partial charge is 0.230 e. The lowest BCUT2D eigenvalue weighted by molar-refractivity contribution is -0.120. The maximum atomic E-state index is 12.2. The van der Waals surface area contributed by atoms with Gasteiger partial charge in [-0.2, -0.15) is 0 Å². The summed E-state index contributed by atoms with van der Waals surface area (Å²) < 4.78 is 0. The Hall–Kier alpha value is -1.01. The Bertz CT molecular complexity index is 437. The van der Waals surface area contributed by atoms with Crippen LogP contribution < -0.4 is 11.1 Å². The van der Waals surface area contributed by atoms with E-state index in [0.717, 1.165) is 17.8 Å². The normalized spacial score (nSPS) is 13.6. The van der Waals surface area contributed by atoms with Gasteiger partial charge in [-0.05, 0) is 17.8 Å². The van der Waals surface area contributed by atoms with Gasteiger partial charge in [-0.25, -0.2) is 0 Å². The first-order valence-electron chi connectivity index (χ1n) is 7.04. The van der Waals surface area contributed by atoms with E-state index in [-0.39, 0.29) is 17.2 Å². The van der Waals surface area contributed by atoms with Crippen molar-refractivity contribution >= 4 is 22.4 Å². The molecule has 1 rings (SSSR count). The van der Waals surface area contributed by atoms with Crippen molar-refractivity contribution in [1.29, 1.82) is 0 Å². The summed E-state index contributed by atoms with van der Waals surface area (Å²) in [6, 6.07) is 0. The number of carbonyl (C=O) groups excluding carboxylic acids is 1. The van der Waals surface area contributed by atoms with Crippen LogP contribution in [0.25, 0.3) is 0 Å². The minimum atomic E-state index is -0.188. The summed E-state index contributed by atoms with van der Waals surface area (Å²) in [6.45, 7) is 10.9. The van der Waals surface area contributed by atoms with E-state index in [1.807, 2.05) is 0 Å². The minimum absolute atomic E-state index is 0.0605. The van der Waals surface area contributed by atoms with Gasteiger partial charge in [0.1, 0.15) is 5.01 Å². The van der Waals surface area contributed by atoms with E-state index in [1.54, 1.807) is 0 Å². The Labute approximate surface area is 125 Å². The molecule has 1 amide bonds. The molecule has 20 heavy (non-hydrogen) atoms. The van der Waals surface area contributed by atoms with E-state index >= 15 is 0 Å². The van der Waals surface area contributed by atoms with Crippen LogP contribution in [0.3, 0.4) is 0 Å². The fourth-order valence-electron chi connectivity index (χ4n) is 1.97. The quantitative estimate of drug-likeness (QED) is 0.846. The largest absolute Gasteiger partial charge is 0.330 e. The van der Waals surface area contributed by atoms with Gasteiger partial charge in [0.15, 0.2) is 0 Å². The molecular formula is C14H26N4OS. The Morgan fingerprint density at radius 2 is 2.00 bits per heavy atom. The first-order chi connectivity index (χ1) is 9.21. The molecule has 0 radical (unpaired) electrons. The number of hydrogen-bond donors (Lipinski definition) is 2. The summed E-state index contributed by atoms with van der Waals surface area (Å²) in [7, 11) is 0. The molecule has 0 aromatic carbocycles. The van der Waals surface area contributed by atoms with E-state index in [4.69, 9.17) is 5.73 Å². The van der Waals surface area contributed by atoms with E-state index in [1.165, 1.54) is 11.3 Å². The molecule has 0 aliphatic heterocycles. The molecule has 1 unspecified atom stereocenters. The highest BCUT2D eigenvalue weighted by Crippen LogP contribution is 2.25. The number of hydrogen-bond acceptors (Lipinski definition) is 5. The number of nitrogens with two attached hydrogens (primary N) is 1. The van der Waals surface area contributed by atoms with Crippen molar-refractivity contribution in [2.24, 2.45) is 23.0 Å². The van der Waals surface area contributed by atoms with Crippen LogP contribution in [0.5, 0.6) is 0 Å². The lowest BCUT2D eigenvalue weighted by Gasteiger charge is -2.23. The molecule has 0 spiro atoms. The Morgan fingerprint density at radius 1 is 1.35 bits per heavy atom. The van der Waals surface area contributed by atoms with Crippen LogP contribution in [0.15, 0.2) is 0 Å². The maximum absolute atomic E-state index is 12.2. The SMILES string of the molecule is CC(C)Cc1nnc(NC(=O)C(CN)CC(C)(C)C)s1. The van der Waals surface area contributed by atoms with Gasteiger partial charge >= 0.3 is 0 Å². The molecule has 0 aliphatic carbocycles. The Kier molecular flexibility index (Phi) is 6.07. The Morgan fingerprint density at radius 3 is 2.50 bits per heavy atom. The number of carbonyl (C=O) groups is 1. The van der Waals surface area contributed by atoms with Crippen LogP contribution in [-0.4, -0.2) is 22.6 Å². The van der Waals surface area contributed by atoms with Crippen LogP contribution in [0.2, 0.25) is 0 Å². The van der Waals surface area contributed by atoms with Crippen LogP contribution in [-0.2, 0) is 11.2 Å². The summed E-state index contributed by atoms with van der Waals surface area (Å²) in [6.07, 6.45) is 1.64. The van der Waals surface area contributed by atoms with E-state index in [2.05, 4.69) is 50.1 Å². The van der Waals surface area contributed by atoms with Crippen LogP contribution in [0, 0.1) is 17.3 Å². The second kappa shape index (κ2) is 7.13. The molecule has 0 bridgehead atoms. The molecule has 6 heteroatoms. The predicted molar refractivity (Wildman–Crippen MR) is 83.7 cm³/mol. The second-order valence-corrected chi connectivity index (χ2v) is 7.85. The van der Waals surface area contributed by atoms with E-state index < -0.39 is 0 Å². The molecular weight excluding hydrogens is 272 g/mol. The molecule has 0 aliphatic rings. The van der Waals surface area contributed by atoms with Gasteiger partial charge < -0.3 is 11.1 Å². The zero-order valence-corrected chi connectivity index (χ0v) is 13.9. The van der Waals surface area contributed by atoms with Crippen LogP contribution in [0.1, 0.15) is 46.0 Å². The second-order valence-electron chi connectivity index (χ2n) is 6.79. The molecule has 0 saturated carbocycles. The van der Waals surface area contributed by atoms with E-state index in [9.17, 15) is 4.79 Å². The van der Waals surface area contributed by atoms with Gasteiger partial charge in [0, 0.05) is 13.0 Å². The van der Waals surface area contributed by atoms with Gasteiger partial charge in [-0.1, -0.05) is 46.0 Å². The van der Waals surface area contributed by atoms with Gasteiger partial charge in [-0.3, -0.25) is 4.79 Å². The topological polar surface area (TPSA) is 80.9 Å². The standard InChI is InChI=1S/C14H26N4OS/c1-9(2)6-11-17-18-13(20-11)16-12(19)10(8-15)7-14(3,4)5/h9-10H,6-8,15H2,1-5H3,(H,16,18,19). The molecule has 5 nitrogen and oxygen atoms in total. The third kappa shape index (κ3) is 5.96. The highest BCUT2D eigenvalue weighted by molar-refractivity contribution is 7.15. The first-order valence-corrected chi connectivity index (χ1v) is 7.86. The van der Waals surface area contributed by atoms with E-state index in [0.29, 0.717) is 17.6 Å². The van der Waals surface area contributed by atoms with Crippen molar-refractivity contribution < 1.29 is 4.79 Å². The fourth-order valence-corrected chi connectivity index (χ4v) is 2.92. The molecule has 114 valence electrons. The number of nitrogens with one attached hydrogen (secondary N) is 1. The summed E-state index contributed by atoms with van der Waals surface area (Å²) in [5, 5.41) is 12.5. The summed E-state index contributed by atoms with van der Waals surface area (Å²) in [5.41, 5.74) is 5.79. The molecule has 0 saturated heterocycles. The highest BCUT2D eigenvalue weighted by atomic mass is 32.1. The zero-order chi connectivity index (χ0) is 15.3. The molecule has 0 fully saturated rings. The summed E-state index contributed by atoms with van der Waals surface area (Å²) in [4.78, 5) is 12.2. The molecule has 1 aromatic heterocycles. The number of amides is 1. The third-order valence-corrected chi connectivity index (χ3v) is 3.65. The van der Waals surface area contributed by atoms with Crippen molar-refractivity contribution in [2.45, 2.75) is 47.5 Å². The number of nitrogens with zero attached hydrogens (tertiary/aromatic N) is 2. The maximum Gasteiger partial charge on any atom is 0.230 e. The van der Waals surface area contributed by atoms with Crippen molar-refractivity contribution in [2.75, 3.05) is 11.9 Å². The number of anilines is 1. The highest BCUT2D eigenvalue weighted by Gasteiger charge is 2.24. The lowest BCUT2D eigenvalue weighted by Crippen LogP contribution is -2.32. The van der Waals surface area contributed by atoms with Gasteiger partial charge in [0.25, 0.3) is 0 Å². The molecule has 1 heterocycles. The molecule has 3 N–H and O–H groups in total. The van der Waals surface area contributed by atoms with Gasteiger partial charge in [-0.15, -0.1) is 10.2 Å². The number of aromatic nitrogens is 2. The average Bonchev–Trinajstić information content (AvgIpc) is 2.71. The van der Waals surface area contributed by atoms with Crippen molar-refractivity contribution in [3.8, 4) is 0 Å². The number of rotatable bonds is 6. The molecule has 1 aromatic rings. The van der Waals surface area contributed by atoms with Crippen molar-refractivity contribution in [3.63, 3.8) is 0 Å². The Balaban J connectivity index is 2.62. The van der Waals surface area contributed by atoms with Gasteiger partial charge in [0.05, 0.1) is 5.92 Å². The van der Waals surface area contributed by atoms with Crippen LogP contribution in [0.4, 0.5) is 5.13 Å². The van der Waals surface area contributed by atoms with Crippen molar-refractivity contribution in [1.82, 2.24) is 10.2 Å². The predicted octanol–water partition coefficient (Wildman–Crippen LogP) is 2.69. The molecule has 1 atom stereocenters. The zero-order valence-electron chi connectivity index (χ0n) is 13.1. The lowest BCUT2D eigenvalue weighted by atomic mass is 9.84. The summed E-state index contributed by atoms with van der Waals surface area (Å²) >= 11 is 1.44. The van der Waals surface area contributed by atoms with Crippen LogP contribution >= 0.6 is 11.3 Å². The first kappa shape index (κ1) is 17.0. The fraction of sp³-hybridized carbons (Fsp3) is 0.786. The minimum Gasteiger partial charge on any atom is -0.330 e. The van der Waals surface area contributed by atoms with Crippen molar-refractivity contribution in [3.05, 3.63) is 5.01 Å².